The number of carbonyl (C=O) groups excluding carboxylic acids is 2. The van der Waals surface area contributed by atoms with Crippen LogP contribution in [0.3, 0.4) is 0 Å². The average Bonchev–Trinajstić information content (AvgIpc) is 3.47. The van der Waals surface area contributed by atoms with Crippen molar-refractivity contribution in [2.45, 2.75) is 69.2 Å². The molecule has 2 aromatic rings. The molecule has 1 aromatic heterocycles. The number of thiophene rings is 1. The first-order valence-corrected chi connectivity index (χ1v) is 14.1. The van der Waals surface area contributed by atoms with Gasteiger partial charge in [-0.25, -0.2) is 0 Å². The van der Waals surface area contributed by atoms with Crippen LogP contribution in [-0.4, -0.2) is 77.5 Å². The molecule has 206 valence electrons. The van der Waals surface area contributed by atoms with Crippen molar-refractivity contribution in [2.24, 2.45) is 5.73 Å². The number of benzene rings is 1. The van der Waals surface area contributed by atoms with E-state index < -0.39 is 11.0 Å². The van der Waals surface area contributed by atoms with E-state index >= 15 is 0 Å². The van der Waals surface area contributed by atoms with Crippen molar-refractivity contribution in [3.05, 3.63) is 62.3 Å². The molecule has 0 spiro atoms. The minimum absolute atomic E-state index is 0.0447. The highest BCUT2D eigenvalue weighted by molar-refractivity contribution is 7.12. The molecule has 1 aliphatic carbocycles. The Morgan fingerprint density at radius 2 is 1.92 bits per heavy atom. The summed E-state index contributed by atoms with van der Waals surface area (Å²) in [6.45, 7) is 2.20. The van der Waals surface area contributed by atoms with Gasteiger partial charge in [0.05, 0.1) is 16.4 Å². The van der Waals surface area contributed by atoms with Gasteiger partial charge in [-0.15, -0.1) is 11.3 Å². The first-order valence-electron chi connectivity index (χ1n) is 13.2. The number of likely N-dealkylation sites (tertiary alicyclic amines) is 1. The van der Waals surface area contributed by atoms with Gasteiger partial charge in [0.25, 0.3) is 11.6 Å². The number of nitrogens with zero attached hydrogens (tertiary/aromatic N) is 3. The number of nitro groups is 1. The number of amides is 2. The molecule has 2 aliphatic rings. The van der Waals surface area contributed by atoms with Crippen molar-refractivity contribution in [3.8, 4) is 0 Å². The topological polar surface area (TPSA) is 131 Å². The van der Waals surface area contributed by atoms with Crippen molar-refractivity contribution < 1.29 is 19.2 Å². The molecule has 3 N–H and O–H groups in total. The van der Waals surface area contributed by atoms with E-state index in [-0.39, 0.29) is 35.6 Å². The Balaban J connectivity index is 1.51. The molecule has 1 unspecified atom stereocenters. The second-order valence-electron chi connectivity index (χ2n) is 10.2. The number of non-ortho nitro benzene ring substituents is 1. The van der Waals surface area contributed by atoms with Crippen LogP contribution in [0.15, 0.2) is 41.8 Å². The highest BCUT2D eigenvalue weighted by Gasteiger charge is 2.39. The third kappa shape index (κ3) is 7.16. The Morgan fingerprint density at radius 1 is 1.18 bits per heavy atom. The maximum atomic E-state index is 13.6. The molecular formula is C27H37N5O5S. The predicted molar refractivity (Wildman–Crippen MR) is 146 cm³/mol. The number of hydrogen-bond acceptors (Lipinski definition) is 8. The van der Waals surface area contributed by atoms with Gasteiger partial charge in [-0.3, -0.25) is 24.6 Å². The first kappa shape index (κ1) is 28.2. The van der Waals surface area contributed by atoms with E-state index in [0.29, 0.717) is 37.5 Å². The van der Waals surface area contributed by atoms with Crippen molar-refractivity contribution in [1.29, 1.82) is 0 Å². The van der Waals surface area contributed by atoms with Crippen LogP contribution in [0.1, 0.15) is 53.8 Å². The van der Waals surface area contributed by atoms with Gasteiger partial charge in [0, 0.05) is 57.0 Å². The van der Waals surface area contributed by atoms with Gasteiger partial charge < -0.3 is 20.7 Å². The largest absolute Gasteiger partial charge is 0.383 e. The van der Waals surface area contributed by atoms with Crippen molar-refractivity contribution in [1.82, 2.24) is 15.1 Å². The van der Waals surface area contributed by atoms with Crippen molar-refractivity contribution >= 4 is 28.8 Å². The second-order valence-corrected chi connectivity index (χ2v) is 11.1. The fourth-order valence-corrected chi connectivity index (χ4v) is 6.11. The number of nitrogens with two attached hydrogens (primary N) is 1. The molecule has 10 nitrogen and oxygen atoms in total. The van der Waals surface area contributed by atoms with Gasteiger partial charge >= 0.3 is 0 Å². The molecule has 2 heterocycles. The van der Waals surface area contributed by atoms with Crippen molar-refractivity contribution in [2.75, 3.05) is 26.8 Å². The molecule has 1 aliphatic heterocycles. The van der Waals surface area contributed by atoms with E-state index in [1.54, 1.807) is 30.2 Å². The van der Waals surface area contributed by atoms with Crippen LogP contribution in [0.5, 0.6) is 0 Å². The van der Waals surface area contributed by atoms with Crippen LogP contribution in [0.25, 0.3) is 0 Å². The summed E-state index contributed by atoms with van der Waals surface area (Å²) in [5.74, 6) is -0.217. The molecule has 38 heavy (non-hydrogen) atoms. The van der Waals surface area contributed by atoms with E-state index in [1.165, 1.54) is 23.5 Å². The monoisotopic (exact) mass is 543 g/mol. The number of nitro benzene ring substituents is 1. The SMILES string of the molecule is COCCN(Cc1ccc([N+](=O)[O-])cc1)C1CCN(C(=O)c2cccs2)[C@@H](C(=O)NC2CCC(N)CC2)C1. The van der Waals surface area contributed by atoms with E-state index in [1.807, 2.05) is 11.4 Å². The third-order valence-corrected chi connectivity index (χ3v) is 8.48. The first-order chi connectivity index (χ1) is 18.4. The molecule has 1 saturated heterocycles. The molecule has 4 rings (SSSR count). The Kier molecular flexibility index (Phi) is 9.84. The fourth-order valence-electron chi connectivity index (χ4n) is 5.43. The van der Waals surface area contributed by atoms with E-state index in [4.69, 9.17) is 10.5 Å². The molecule has 2 atom stereocenters. The molecule has 11 heteroatoms. The standard InChI is InChI=1S/C27H37N5O5S/c1-37-15-14-30(18-19-4-10-22(11-5-19)32(35)36)23-12-13-31(27(34)25-3-2-16-38-25)24(17-23)26(33)29-21-8-6-20(28)7-9-21/h2-5,10-11,16,20-21,23-24H,6-9,12-15,17-18,28H2,1H3,(H,29,33)/t20?,21?,23?,24-/m1/s1. The smallest absolute Gasteiger partial charge is 0.269 e. The van der Waals surface area contributed by atoms with Crippen LogP contribution in [0.4, 0.5) is 5.69 Å². The Hall–Kier alpha value is -2.86. The van der Waals surface area contributed by atoms with Gasteiger partial charge in [0.15, 0.2) is 0 Å². The lowest BCUT2D eigenvalue weighted by atomic mass is 9.90. The van der Waals surface area contributed by atoms with Crippen LogP contribution in [0, 0.1) is 10.1 Å². The maximum absolute atomic E-state index is 13.6. The van der Waals surface area contributed by atoms with E-state index in [2.05, 4.69) is 10.2 Å². The van der Waals surface area contributed by atoms with Crippen LogP contribution >= 0.6 is 11.3 Å². The lowest BCUT2D eigenvalue weighted by molar-refractivity contribution is -0.384. The molecule has 1 saturated carbocycles. The summed E-state index contributed by atoms with van der Waals surface area (Å²) in [4.78, 5) is 42.3. The number of piperidine rings is 1. The second kappa shape index (κ2) is 13.3. The minimum Gasteiger partial charge on any atom is -0.383 e. The summed E-state index contributed by atoms with van der Waals surface area (Å²) in [5.41, 5.74) is 7.05. The molecule has 0 radical (unpaired) electrons. The average molecular weight is 544 g/mol. The van der Waals surface area contributed by atoms with Gasteiger partial charge in [0.2, 0.25) is 5.91 Å². The van der Waals surface area contributed by atoms with Gasteiger partial charge in [-0.2, -0.15) is 0 Å². The Morgan fingerprint density at radius 3 is 2.55 bits per heavy atom. The summed E-state index contributed by atoms with van der Waals surface area (Å²) in [6, 6.07) is 9.94. The Bertz CT molecular complexity index is 1070. The summed E-state index contributed by atoms with van der Waals surface area (Å²) in [5, 5.41) is 16.1. The maximum Gasteiger partial charge on any atom is 0.269 e. The fraction of sp³-hybridized carbons (Fsp3) is 0.556. The zero-order chi connectivity index (χ0) is 27.1. The zero-order valence-corrected chi connectivity index (χ0v) is 22.6. The normalized spacial score (nSPS) is 23.8. The number of hydrogen-bond donors (Lipinski definition) is 2. The molecule has 2 amide bonds. The lowest BCUT2D eigenvalue weighted by Crippen LogP contribution is -2.58. The van der Waals surface area contributed by atoms with Gasteiger partial charge in [-0.1, -0.05) is 18.2 Å². The summed E-state index contributed by atoms with van der Waals surface area (Å²) in [7, 11) is 1.65. The molecule has 1 aromatic carbocycles. The third-order valence-electron chi connectivity index (χ3n) is 7.62. The lowest BCUT2D eigenvalue weighted by Gasteiger charge is -2.43. The quantitative estimate of drug-likeness (QED) is 0.348. The Labute approximate surface area is 227 Å². The highest BCUT2D eigenvalue weighted by atomic mass is 32.1. The summed E-state index contributed by atoms with van der Waals surface area (Å²) in [6.07, 6.45) is 4.69. The van der Waals surface area contributed by atoms with E-state index in [0.717, 1.165) is 37.7 Å². The predicted octanol–water partition coefficient (Wildman–Crippen LogP) is 3.16. The summed E-state index contributed by atoms with van der Waals surface area (Å²) < 4.78 is 5.36. The number of rotatable bonds is 10. The number of carbonyl (C=O) groups is 2. The van der Waals surface area contributed by atoms with E-state index in [9.17, 15) is 19.7 Å². The highest BCUT2D eigenvalue weighted by Crippen LogP contribution is 2.28. The van der Waals surface area contributed by atoms with Crippen LogP contribution in [0.2, 0.25) is 0 Å². The van der Waals surface area contributed by atoms with Gasteiger partial charge in [-0.05, 0) is 55.5 Å². The molecular weight excluding hydrogens is 506 g/mol. The van der Waals surface area contributed by atoms with Crippen molar-refractivity contribution in [3.63, 3.8) is 0 Å². The van der Waals surface area contributed by atoms with Crippen LogP contribution < -0.4 is 11.1 Å². The molecule has 0 bridgehead atoms. The number of methoxy groups -OCH3 is 1. The minimum atomic E-state index is -0.583. The zero-order valence-electron chi connectivity index (χ0n) is 21.8. The van der Waals surface area contributed by atoms with Gasteiger partial charge in [0.1, 0.15) is 6.04 Å². The number of ether oxygens (including phenoxy) is 1. The molecule has 2 fully saturated rings. The van der Waals surface area contributed by atoms with Crippen LogP contribution in [-0.2, 0) is 16.1 Å². The summed E-state index contributed by atoms with van der Waals surface area (Å²) >= 11 is 1.39. The number of nitrogens with one attached hydrogen (secondary N) is 1.